The van der Waals surface area contributed by atoms with Crippen LogP contribution >= 0.6 is 35.5 Å². The number of nitrogens with zero attached hydrogens (tertiary/aromatic N) is 3. The van der Waals surface area contributed by atoms with Crippen molar-refractivity contribution < 1.29 is 4.79 Å². The highest BCUT2D eigenvalue weighted by molar-refractivity contribution is 8.00. The highest BCUT2D eigenvalue weighted by atomic mass is 35.5. The lowest BCUT2D eigenvalue weighted by molar-refractivity contribution is -0.129. The number of thiophene rings is 1. The fourth-order valence-electron chi connectivity index (χ4n) is 3.30. The molecule has 0 atom stereocenters. The molecule has 144 valence electrons. The molecule has 0 saturated carbocycles. The van der Waals surface area contributed by atoms with Crippen LogP contribution < -0.4 is 5.32 Å². The highest BCUT2D eigenvalue weighted by Crippen LogP contribution is 2.34. The summed E-state index contributed by atoms with van der Waals surface area (Å²) in [4.78, 5) is 25.7. The molecule has 1 aliphatic heterocycles. The molecule has 1 amide bonds. The molecule has 0 spiro atoms. The number of rotatable bonds is 6. The molecule has 1 N–H and O–H groups in total. The lowest BCUT2D eigenvalue weighted by atomic mass is 9.93. The maximum Gasteiger partial charge on any atom is 0.232 e. The maximum absolute atomic E-state index is 12.6. The highest BCUT2D eigenvalue weighted by Gasteiger charge is 2.23. The van der Waals surface area contributed by atoms with Gasteiger partial charge in [-0.15, -0.1) is 23.7 Å². The van der Waals surface area contributed by atoms with Crippen molar-refractivity contribution in [1.82, 2.24) is 20.2 Å². The van der Waals surface area contributed by atoms with Crippen LogP contribution in [0.5, 0.6) is 0 Å². The van der Waals surface area contributed by atoms with E-state index in [0.717, 1.165) is 53.6 Å². The van der Waals surface area contributed by atoms with Crippen molar-refractivity contribution in [3.8, 4) is 0 Å². The Hall–Kier alpha value is -0.890. The molecule has 0 unspecified atom stereocenters. The van der Waals surface area contributed by atoms with Crippen LogP contribution in [0.15, 0.2) is 11.4 Å². The zero-order valence-electron chi connectivity index (χ0n) is 15.6. The molecule has 5 nitrogen and oxygen atoms in total. The van der Waals surface area contributed by atoms with Crippen LogP contribution in [-0.4, -0.2) is 53.2 Å². The van der Waals surface area contributed by atoms with E-state index in [2.05, 4.69) is 29.1 Å². The summed E-state index contributed by atoms with van der Waals surface area (Å²) in [5.74, 6) is 1.44. The minimum absolute atomic E-state index is 0. The Kier molecular flexibility index (Phi) is 8.13. The fourth-order valence-corrected chi connectivity index (χ4v) is 5.32. The number of hydrogen-bond donors (Lipinski definition) is 1. The van der Waals surface area contributed by atoms with Crippen LogP contribution in [0.2, 0.25) is 0 Å². The number of hydrogen-bond acceptors (Lipinski definition) is 6. The molecule has 2 aromatic heterocycles. The Morgan fingerprint density at radius 1 is 1.35 bits per heavy atom. The van der Waals surface area contributed by atoms with Gasteiger partial charge in [-0.2, -0.15) is 0 Å². The van der Waals surface area contributed by atoms with Crippen LogP contribution in [0.25, 0.3) is 10.2 Å². The Morgan fingerprint density at radius 3 is 2.77 bits per heavy atom. The second kappa shape index (κ2) is 9.88. The fraction of sp³-hybridized carbons (Fsp3) is 0.611. The third kappa shape index (κ3) is 4.88. The standard InChI is InChI=1S/C18H26N4OS2.ClH/c1-12-13(2)25-18-16(12)17(20-11-21-18)24-10-15(23)22-8-5-14(6-9-22)4-7-19-3;/h11,14,19H,4-10H2,1-3H3;1H. The summed E-state index contributed by atoms with van der Waals surface area (Å²) < 4.78 is 0. The number of aromatic nitrogens is 2. The van der Waals surface area contributed by atoms with Gasteiger partial charge in [0.1, 0.15) is 16.2 Å². The van der Waals surface area contributed by atoms with Crippen LogP contribution in [0.4, 0.5) is 0 Å². The molecule has 0 aromatic carbocycles. The van der Waals surface area contributed by atoms with E-state index in [-0.39, 0.29) is 18.3 Å². The van der Waals surface area contributed by atoms with Crippen LogP contribution in [0.1, 0.15) is 29.7 Å². The molecule has 3 rings (SSSR count). The van der Waals surface area contributed by atoms with E-state index >= 15 is 0 Å². The van der Waals surface area contributed by atoms with E-state index in [4.69, 9.17) is 0 Å². The summed E-state index contributed by atoms with van der Waals surface area (Å²) in [6.07, 6.45) is 5.07. The second-order valence-corrected chi connectivity index (χ2v) is 8.81. The van der Waals surface area contributed by atoms with Gasteiger partial charge in [0.25, 0.3) is 0 Å². The van der Waals surface area contributed by atoms with E-state index in [1.165, 1.54) is 16.9 Å². The minimum Gasteiger partial charge on any atom is -0.342 e. The maximum atomic E-state index is 12.6. The van der Waals surface area contributed by atoms with Gasteiger partial charge in [-0.3, -0.25) is 4.79 Å². The number of carbonyl (C=O) groups is 1. The molecule has 1 fully saturated rings. The number of likely N-dealkylation sites (tertiary alicyclic amines) is 1. The number of halogens is 1. The Balaban J connectivity index is 0.00000243. The Labute approximate surface area is 169 Å². The molecular formula is C18H27ClN4OS2. The number of piperidine rings is 1. The van der Waals surface area contributed by atoms with Gasteiger partial charge < -0.3 is 10.2 Å². The van der Waals surface area contributed by atoms with Gasteiger partial charge >= 0.3 is 0 Å². The van der Waals surface area contributed by atoms with Crippen LogP contribution in [0, 0.1) is 19.8 Å². The van der Waals surface area contributed by atoms with E-state index < -0.39 is 0 Å². The van der Waals surface area contributed by atoms with Gasteiger partial charge in [-0.25, -0.2) is 9.97 Å². The number of aryl methyl sites for hydroxylation is 2. The van der Waals surface area contributed by atoms with Gasteiger partial charge in [0.05, 0.1) is 5.75 Å². The van der Waals surface area contributed by atoms with Crippen molar-refractivity contribution in [3.05, 3.63) is 16.8 Å². The van der Waals surface area contributed by atoms with Crippen molar-refractivity contribution in [2.45, 2.75) is 38.1 Å². The molecule has 1 aliphatic rings. The molecule has 1 saturated heterocycles. The summed E-state index contributed by atoms with van der Waals surface area (Å²) >= 11 is 3.25. The largest absolute Gasteiger partial charge is 0.342 e. The number of nitrogens with one attached hydrogen (secondary N) is 1. The lowest BCUT2D eigenvalue weighted by Crippen LogP contribution is -2.39. The normalized spacial score (nSPS) is 15.3. The number of carbonyl (C=O) groups excluding carboxylic acids is 1. The van der Waals surface area contributed by atoms with E-state index in [1.807, 2.05) is 11.9 Å². The zero-order chi connectivity index (χ0) is 17.8. The lowest BCUT2D eigenvalue weighted by Gasteiger charge is -2.32. The average molecular weight is 415 g/mol. The van der Waals surface area contributed by atoms with Gasteiger partial charge in [0, 0.05) is 23.4 Å². The summed E-state index contributed by atoms with van der Waals surface area (Å²) in [6, 6.07) is 0. The monoisotopic (exact) mass is 414 g/mol. The Bertz CT molecular complexity index is 744. The number of fused-ring (bicyclic) bond motifs is 1. The average Bonchev–Trinajstić information content (AvgIpc) is 2.93. The zero-order valence-corrected chi connectivity index (χ0v) is 18.0. The summed E-state index contributed by atoms with van der Waals surface area (Å²) in [5, 5.41) is 5.27. The van der Waals surface area contributed by atoms with Crippen molar-refractivity contribution in [3.63, 3.8) is 0 Å². The molecule has 2 aromatic rings. The molecule has 0 bridgehead atoms. The predicted molar refractivity (Wildman–Crippen MR) is 113 cm³/mol. The van der Waals surface area contributed by atoms with Crippen molar-refractivity contribution >= 4 is 51.6 Å². The van der Waals surface area contributed by atoms with Crippen molar-refractivity contribution in [2.24, 2.45) is 5.92 Å². The second-order valence-electron chi connectivity index (χ2n) is 6.65. The molecule has 8 heteroatoms. The molecule has 0 aliphatic carbocycles. The number of thioether (sulfide) groups is 1. The SMILES string of the molecule is CNCCC1CCN(C(=O)CSc2ncnc3sc(C)c(C)c23)CC1.Cl. The van der Waals surface area contributed by atoms with E-state index in [0.29, 0.717) is 5.75 Å². The first-order valence-electron chi connectivity index (χ1n) is 8.86. The van der Waals surface area contributed by atoms with Gasteiger partial charge in [-0.1, -0.05) is 11.8 Å². The molecular weight excluding hydrogens is 388 g/mol. The van der Waals surface area contributed by atoms with Crippen LogP contribution in [-0.2, 0) is 4.79 Å². The van der Waals surface area contributed by atoms with E-state index in [1.54, 1.807) is 29.4 Å². The summed E-state index contributed by atoms with van der Waals surface area (Å²) in [5.41, 5.74) is 1.24. The quantitative estimate of drug-likeness (QED) is 0.577. The first kappa shape index (κ1) is 21.4. The molecule has 26 heavy (non-hydrogen) atoms. The van der Waals surface area contributed by atoms with E-state index in [9.17, 15) is 4.79 Å². The Morgan fingerprint density at radius 2 is 2.08 bits per heavy atom. The first-order chi connectivity index (χ1) is 12.1. The number of amides is 1. The minimum atomic E-state index is 0. The van der Waals surface area contributed by atoms with Gasteiger partial charge in [0.2, 0.25) is 5.91 Å². The molecule has 3 heterocycles. The van der Waals surface area contributed by atoms with Crippen molar-refractivity contribution in [2.75, 3.05) is 32.4 Å². The first-order valence-corrected chi connectivity index (χ1v) is 10.7. The van der Waals surface area contributed by atoms with Gasteiger partial charge in [0.15, 0.2) is 0 Å². The summed E-state index contributed by atoms with van der Waals surface area (Å²) in [6.45, 7) is 7.07. The summed E-state index contributed by atoms with van der Waals surface area (Å²) in [7, 11) is 2.00. The third-order valence-electron chi connectivity index (χ3n) is 5.03. The van der Waals surface area contributed by atoms with Crippen molar-refractivity contribution in [1.29, 1.82) is 0 Å². The molecule has 0 radical (unpaired) electrons. The smallest absolute Gasteiger partial charge is 0.232 e. The van der Waals surface area contributed by atoms with Crippen LogP contribution in [0.3, 0.4) is 0 Å². The predicted octanol–water partition coefficient (Wildman–Crippen LogP) is 3.67. The third-order valence-corrected chi connectivity index (χ3v) is 7.12. The van der Waals surface area contributed by atoms with Gasteiger partial charge in [-0.05, 0) is 58.2 Å². The topological polar surface area (TPSA) is 58.1 Å².